The van der Waals surface area contributed by atoms with Gasteiger partial charge in [0, 0.05) is 50.3 Å². The van der Waals surface area contributed by atoms with Crippen molar-refractivity contribution in [2.24, 2.45) is 5.92 Å². The van der Waals surface area contributed by atoms with E-state index >= 15 is 0 Å². The van der Waals surface area contributed by atoms with Crippen molar-refractivity contribution in [2.75, 3.05) is 25.0 Å². The molecule has 2 heterocycles. The molecule has 11 heteroatoms. The van der Waals surface area contributed by atoms with Crippen molar-refractivity contribution in [3.8, 4) is 0 Å². The molecule has 1 aliphatic heterocycles. The van der Waals surface area contributed by atoms with Gasteiger partial charge in [-0.05, 0) is 30.0 Å². The van der Waals surface area contributed by atoms with Crippen LogP contribution in [0.4, 0.5) is 32.6 Å². The van der Waals surface area contributed by atoms with Gasteiger partial charge >= 0.3 is 12.3 Å². The average molecular weight is 446 g/mol. The van der Waals surface area contributed by atoms with Gasteiger partial charge in [0.05, 0.1) is 5.56 Å². The Labute approximate surface area is 173 Å². The van der Waals surface area contributed by atoms with Crippen molar-refractivity contribution in [3.63, 3.8) is 0 Å². The van der Waals surface area contributed by atoms with Crippen LogP contribution >= 0.6 is 0 Å². The first kappa shape index (κ1) is 21.4. The first-order valence-corrected chi connectivity index (χ1v) is 9.65. The Kier molecular flexibility index (Phi) is 4.90. The Morgan fingerprint density at radius 2 is 1.84 bits per heavy atom. The maximum absolute atomic E-state index is 13.6. The first-order chi connectivity index (χ1) is 14.4. The van der Waals surface area contributed by atoms with E-state index in [0.717, 1.165) is 13.1 Å². The molecule has 2 atom stereocenters. The highest BCUT2D eigenvalue weighted by atomic mass is 19.4. The van der Waals surface area contributed by atoms with Crippen molar-refractivity contribution in [1.82, 2.24) is 4.90 Å². The zero-order valence-corrected chi connectivity index (χ0v) is 16.4. The number of halogens is 5. The third-order valence-electron chi connectivity index (χ3n) is 5.89. The molecule has 2 amide bonds. The van der Waals surface area contributed by atoms with E-state index in [1.807, 2.05) is 0 Å². The van der Waals surface area contributed by atoms with Crippen LogP contribution in [-0.4, -0.2) is 48.1 Å². The van der Waals surface area contributed by atoms with Crippen LogP contribution in [0.5, 0.6) is 0 Å². The van der Waals surface area contributed by atoms with Gasteiger partial charge in [-0.3, -0.25) is 9.69 Å². The van der Waals surface area contributed by atoms with Crippen molar-refractivity contribution >= 4 is 28.9 Å². The number of piperidine rings is 1. The summed E-state index contributed by atoms with van der Waals surface area (Å²) in [6, 6.07) is 3.57. The lowest BCUT2D eigenvalue weighted by atomic mass is 10.0. The van der Waals surface area contributed by atoms with Crippen molar-refractivity contribution in [3.05, 3.63) is 29.3 Å². The van der Waals surface area contributed by atoms with Crippen molar-refractivity contribution in [1.29, 1.82) is 0 Å². The Morgan fingerprint density at radius 3 is 2.42 bits per heavy atom. The number of nitrogens with zero attached hydrogens (tertiary/aromatic N) is 2. The number of furan rings is 1. The van der Waals surface area contributed by atoms with Gasteiger partial charge in [0.2, 0.25) is 11.8 Å². The summed E-state index contributed by atoms with van der Waals surface area (Å²) in [4.78, 5) is 25.8. The predicted octanol–water partition coefficient (Wildman–Crippen LogP) is 4.93. The number of rotatable bonds is 3. The molecule has 1 saturated heterocycles. The van der Waals surface area contributed by atoms with Gasteiger partial charge in [-0.1, -0.05) is 0 Å². The normalized spacial score (nSPS) is 23.1. The summed E-state index contributed by atoms with van der Waals surface area (Å²) in [5.74, 6) is -4.40. The number of carbonyl (C=O) groups excluding carboxylic acids is 1. The van der Waals surface area contributed by atoms with Gasteiger partial charge in [-0.2, -0.15) is 13.2 Å². The third kappa shape index (κ3) is 4.05. The Bertz CT molecular complexity index is 1040. The highest BCUT2D eigenvalue weighted by Crippen LogP contribution is 2.51. The van der Waals surface area contributed by atoms with E-state index in [4.69, 9.17) is 9.52 Å². The number of anilines is 1. The molecule has 1 N–H and O–H groups in total. The van der Waals surface area contributed by atoms with E-state index < -0.39 is 54.0 Å². The molecule has 0 spiro atoms. The number of alkyl halides is 5. The van der Waals surface area contributed by atoms with Crippen LogP contribution in [0.2, 0.25) is 0 Å². The molecular weight excluding hydrogens is 427 g/mol. The van der Waals surface area contributed by atoms with Gasteiger partial charge in [-0.25, -0.2) is 13.6 Å². The summed E-state index contributed by atoms with van der Waals surface area (Å²) in [5.41, 5.74) is -1.26. The van der Waals surface area contributed by atoms with Crippen LogP contribution in [0.25, 0.3) is 11.0 Å². The molecule has 4 rings (SSSR count). The zero-order chi connectivity index (χ0) is 22.7. The highest BCUT2D eigenvalue weighted by molar-refractivity contribution is 5.91. The largest absolute Gasteiger partial charge is 0.465 e. The van der Waals surface area contributed by atoms with E-state index in [-0.39, 0.29) is 35.8 Å². The zero-order valence-electron chi connectivity index (χ0n) is 16.4. The fraction of sp³-hybridized carbons (Fsp3) is 0.500. The lowest BCUT2D eigenvalue weighted by molar-refractivity contribution is -0.138. The van der Waals surface area contributed by atoms with Crippen LogP contribution in [-0.2, 0) is 11.0 Å². The summed E-state index contributed by atoms with van der Waals surface area (Å²) >= 11 is 0. The second-order valence-corrected chi connectivity index (χ2v) is 8.04. The van der Waals surface area contributed by atoms with Crippen LogP contribution in [0, 0.1) is 5.92 Å². The highest BCUT2D eigenvalue weighted by Gasteiger charge is 2.48. The molecule has 2 aromatic rings. The summed E-state index contributed by atoms with van der Waals surface area (Å²) in [6.07, 6.45) is -6.66. The Balaban J connectivity index is 1.61. The fourth-order valence-electron chi connectivity index (χ4n) is 3.97. The summed E-state index contributed by atoms with van der Waals surface area (Å²) in [7, 11) is 1.14. The number of fused-ring (bicyclic) bond motifs is 1. The van der Waals surface area contributed by atoms with Gasteiger partial charge in [0.25, 0.3) is 5.92 Å². The number of likely N-dealkylation sites (tertiary alicyclic amines) is 1. The molecule has 1 aromatic carbocycles. The quantitative estimate of drug-likeness (QED) is 0.679. The summed E-state index contributed by atoms with van der Waals surface area (Å²) in [6.45, 7) is -0.150. The van der Waals surface area contributed by atoms with E-state index in [1.165, 1.54) is 17.0 Å². The first-order valence-electron chi connectivity index (χ1n) is 9.65. The van der Waals surface area contributed by atoms with Gasteiger partial charge in [-0.15, -0.1) is 0 Å². The molecule has 2 aliphatic rings. The number of benzene rings is 1. The SMILES string of the molecule is CN(C(=O)O)c1cc2cc(C3CC3C(=O)N3CCC(F)(F)CC3)cc(C(F)(F)F)c2o1. The fourth-order valence-corrected chi connectivity index (χ4v) is 3.97. The third-order valence-corrected chi connectivity index (χ3v) is 5.89. The predicted molar refractivity (Wildman–Crippen MR) is 99.3 cm³/mol. The molecule has 0 bridgehead atoms. The number of hydrogen-bond acceptors (Lipinski definition) is 3. The molecule has 31 heavy (non-hydrogen) atoms. The second-order valence-electron chi connectivity index (χ2n) is 8.04. The van der Waals surface area contributed by atoms with Gasteiger partial charge in [0.1, 0.15) is 5.58 Å². The molecule has 2 fully saturated rings. The molecule has 0 radical (unpaired) electrons. The van der Waals surface area contributed by atoms with Crippen LogP contribution < -0.4 is 4.90 Å². The average Bonchev–Trinajstić information content (AvgIpc) is 3.36. The lowest BCUT2D eigenvalue weighted by Gasteiger charge is -2.32. The van der Waals surface area contributed by atoms with E-state index in [0.29, 0.717) is 11.3 Å². The second kappa shape index (κ2) is 7.10. The van der Waals surface area contributed by atoms with Crippen LogP contribution in [0.3, 0.4) is 0 Å². The van der Waals surface area contributed by atoms with Crippen molar-refractivity contribution in [2.45, 2.75) is 37.3 Å². The smallest absolute Gasteiger partial charge is 0.420 e. The minimum Gasteiger partial charge on any atom is -0.465 e. The van der Waals surface area contributed by atoms with Crippen LogP contribution in [0.1, 0.15) is 36.3 Å². The van der Waals surface area contributed by atoms with Gasteiger partial charge in [0.15, 0.2) is 0 Å². The number of carbonyl (C=O) groups is 2. The Morgan fingerprint density at radius 1 is 1.19 bits per heavy atom. The molecule has 168 valence electrons. The van der Waals surface area contributed by atoms with E-state index in [9.17, 15) is 31.5 Å². The molecule has 6 nitrogen and oxygen atoms in total. The number of amides is 2. The van der Waals surface area contributed by atoms with Gasteiger partial charge < -0.3 is 14.4 Å². The maximum atomic E-state index is 13.6. The number of carboxylic acid groups (broad SMARTS) is 1. The lowest BCUT2D eigenvalue weighted by Crippen LogP contribution is -2.43. The topological polar surface area (TPSA) is 74.0 Å². The molecular formula is C20H19F5N2O4. The minimum atomic E-state index is -4.75. The molecule has 1 aliphatic carbocycles. The standard InChI is InChI=1S/C20H19F5N2O4/c1-26(18(29)30)15-8-11-6-10(7-14(16(11)31-15)20(23,24)25)12-9-13(12)17(28)27-4-2-19(21,22)3-5-27/h6-8,12-13H,2-5,9H2,1H3,(H,29,30). The summed E-state index contributed by atoms with van der Waals surface area (Å²) < 4.78 is 72.7. The molecule has 1 saturated carbocycles. The van der Waals surface area contributed by atoms with Crippen LogP contribution in [0.15, 0.2) is 22.6 Å². The van der Waals surface area contributed by atoms with E-state index in [2.05, 4.69) is 0 Å². The maximum Gasteiger partial charge on any atom is 0.420 e. The Hall–Kier alpha value is -2.85. The number of hydrogen-bond donors (Lipinski definition) is 1. The van der Waals surface area contributed by atoms with Crippen molar-refractivity contribution < 1.29 is 41.1 Å². The monoisotopic (exact) mass is 446 g/mol. The molecule has 1 aromatic heterocycles. The van der Waals surface area contributed by atoms with E-state index in [1.54, 1.807) is 0 Å². The summed E-state index contributed by atoms with van der Waals surface area (Å²) in [5, 5.41) is 9.12. The minimum absolute atomic E-state index is 0.0728. The molecule has 2 unspecified atom stereocenters.